The van der Waals surface area contributed by atoms with Crippen LogP contribution in [0.3, 0.4) is 0 Å². The van der Waals surface area contributed by atoms with Gasteiger partial charge in [-0.2, -0.15) is 13.2 Å². The Morgan fingerprint density at radius 2 is 1.88 bits per heavy atom. The first-order valence-corrected chi connectivity index (χ1v) is 8.57. The molecule has 0 spiro atoms. The largest absolute Gasteiger partial charge is 0.862 e. The van der Waals surface area contributed by atoms with Crippen LogP contribution < -0.4 is 9.83 Å². The molecule has 0 radical (unpaired) electrons. The van der Waals surface area contributed by atoms with Crippen molar-refractivity contribution in [3.8, 4) is 0 Å². The molecule has 2 rings (SSSR count). The van der Waals surface area contributed by atoms with E-state index < -0.39 is 32.6 Å². The summed E-state index contributed by atoms with van der Waals surface area (Å²) >= 11 is 5.75. The highest BCUT2D eigenvalue weighted by Crippen LogP contribution is 2.34. The zero-order valence-electron chi connectivity index (χ0n) is 12.6. The number of nitrogens with zero attached hydrogens (tertiary/aromatic N) is 1. The summed E-state index contributed by atoms with van der Waals surface area (Å²) < 4.78 is 65.2. The fraction of sp³-hybridized carbons (Fsp3) is 0.133. The standard InChI is InChI=1S/C15H12ClF3N2O3S/c1-9(22)20-11-3-2-4-12(8-11)21-25(23,24)14-7-10(15(17,18)19)5-6-13(14)16/h2-8,21H,1H3,(H,20,22)/p-1. The fourth-order valence-electron chi connectivity index (χ4n) is 1.92. The SMILES string of the molecule is CC([O-])=Nc1cccc(NS(=O)(=O)c2cc(C(F)(F)F)ccc2Cl)c1. The Morgan fingerprint density at radius 3 is 2.48 bits per heavy atom. The van der Waals surface area contributed by atoms with Gasteiger partial charge in [0.1, 0.15) is 4.90 Å². The molecular formula is C15H11ClF3N2O3S-. The Hall–Kier alpha value is -2.26. The molecule has 0 bridgehead atoms. The zero-order chi connectivity index (χ0) is 18.8. The molecule has 0 saturated carbocycles. The van der Waals surface area contributed by atoms with Crippen molar-refractivity contribution >= 4 is 38.9 Å². The van der Waals surface area contributed by atoms with E-state index in [-0.39, 0.29) is 16.4 Å². The Kier molecular flexibility index (Phi) is 5.28. The van der Waals surface area contributed by atoms with E-state index >= 15 is 0 Å². The molecule has 1 N–H and O–H groups in total. The normalized spacial score (nSPS) is 12.9. The summed E-state index contributed by atoms with van der Waals surface area (Å²) in [5.74, 6) is -0.485. The number of hydrogen-bond acceptors (Lipinski definition) is 4. The van der Waals surface area contributed by atoms with E-state index in [9.17, 15) is 26.7 Å². The van der Waals surface area contributed by atoms with Gasteiger partial charge in [0.05, 0.1) is 22.0 Å². The van der Waals surface area contributed by atoms with Gasteiger partial charge in [-0.1, -0.05) is 17.7 Å². The monoisotopic (exact) mass is 391 g/mol. The highest BCUT2D eigenvalue weighted by atomic mass is 35.5. The van der Waals surface area contributed by atoms with Crippen molar-refractivity contribution in [1.29, 1.82) is 0 Å². The first kappa shape index (κ1) is 19.1. The summed E-state index contributed by atoms with van der Waals surface area (Å²) in [6, 6.07) is 7.53. The quantitative estimate of drug-likeness (QED) is 0.639. The van der Waals surface area contributed by atoms with Gasteiger partial charge >= 0.3 is 6.18 Å². The lowest BCUT2D eigenvalue weighted by Gasteiger charge is -2.13. The number of alkyl halides is 3. The van der Waals surface area contributed by atoms with Crippen LogP contribution in [-0.4, -0.2) is 14.3 Å². The predicted molar refractivity (Wildman–Crippen MR) is 86.5 cm³/mol. The van der Waals surface area contributed by atoms with Gasteiger partial charge in [-0.3, -0.25) is 9.71 Å². The van der Waals surface area contributed by atoms with E-state index in [0.717, 1.165) is 6.07 Å². The molecular weight excluding hydrogens is 381 g/mol. The summed E-state index contributed by atoms with van der Waals surface area (Å²) in [6.45, 7) is 1.22. The third kappa shape index (κ3) is 4.86. The third-order valence-corrected chi connectivity index (χ3v) is 4.80. The second-order valence-electron chi connectivity index (χ2n) is 4.93. The Labute approximate surface area is 146 Å². The van der Waals surface area contributed by atoms with Crippen molar-refractivity contribution in [2.75, 3.05) is 4.72 Å². The molecule has 25 heavy (non-hydrogen) atoms. The maximum absolute atomic E-state index is 12.8. The first-order chi connectivity index (χ1) is 11.5. The van der Waals surface area contributed by atoms with Gasteiger partial charge in [-0.05, 0) is 49.2 Å². The molecule has 0 aliphatic heterocycles. The van der Waals surface area contributed by atoms with Crippen molar-refractivity contribution in [3.05, 3.63) is 53.1 Å². The molecule has 0 atom stereocenters. The molecule has 0 heterocycles. The molecule has 5 nitrogen and oxygen atoms in total. The second kappa shape index (κ2) is 6.93. The van der Waals surface area contributed by atoms with Gasteiger partial charge in [0, 0.05) is 0 Å². The van der Waals surface area contributed by atoms with Crippen LogP contribution in [0.4, 0.5) is 24.5 Å². The van der Waals surface area contributed by atoms with Gasteiger partial charge in [0.15, 0.2) is 0 Å². The average molecular weight is 392 g/mol. The number of nitrogens with one attached hydrogen (secondary N) is 1. The van der Waals surface area contributed by atoms with Gasteiger partial charge in [-0.25, -0.2) is 8.42 Å². The predicted octanol–water partition coefficient (Wildman–Crippen LogP) is 3.57. The summed E-state index contributed by atoms with van der Waals surface area (Å²) in [5, 5.41) is 10.6. The molecule has 0 aliphatic rings. The van der Waals surface area contributed by atoms with Crippen LogP contribution in [0.1, 0.15) is 12.5 Å². The summed E-state index contributed by atoms with van der Waals surface area (Å²) in [5.41, 5.74) is -0.920. The molecule has 0 aliphatic carbocycles. The molecule has 0 fully saturated rings. The van der Waals surface area contributed by atoms with Crippen molar-refractivity contribution in [3.63, 3.8) is 0 Å². The van der Waals surface area contributed by atoms with E-state index in [4.69, 9.17) is 11.6 Å². The van der Waals surface area contributed by atoms with Crippen LogP contribution in [0.5, 0.6) is 0 Å². The van der Waals surface area contributed by atoms with Crippen LogP contribution in [0.15, 0.2) is 52.4 Å². The Bertz CT molecular complexity index is 924. The van der Waals surface area contributed by atoms with E-state index in [0.29, 0.717) is 12.1 Å². The van der Waals surface area contributed by atoms with Gasteiger partial charge in [-0.15, -0.1) is 0 Å². The van der Waals surface area contributed by atoms with Gasteiger partial charge in [0.25, 0.3) is 10.0 Å². The van der Waals surface area contributed by atoms with Crippen molar-refractivity contribution in [1.82, 2.24) is 0 Å². The molecule has 2 aromatic rings. The minimum absolute atomic E-state index is 0.0241. The summed E-state index contributed by atoms with van der Waals surface area (Å²) in [4.78, 5) is 2.93. The maximum Gasteiger partial charge on any atom is 0.416 e. The molecule has 0 unspecified atom stereocenters. The zero-order valence-corrected chi connectivity index (χ0v) is 14.2. The van der Waals surface area contributed by atoms with E-state index in [1.807, 2.05) is 0 Å². The minimum atomic E-state index is -4.71. The van der Waals surface area contributed by atoms with Crippen molar-refractivity contribution in [2.24, 2.45) is 4.99 Å². The summed E-state index contributed by atoms with van der Waals surface area (Å²) in [6.07, 6.45) is -4.71. The lowest BCUT2D eigenvalue weighted by molar-refractivity contribution is -0.215. The number of benzene rings is 2. The lowest BCUT2D eigenvalue weighted by Crippen LogP contribution is -2.15. The topological polar surface area (TPSA) is 81.6 Å². The Balaban J connectivity index is 2.42. The lowest BCUT2D eigenvalue weighted by atomic mass is 10.2. The first-order valence-electron chi connectivity index (χ1n) is 6.71. The molecule has 134 valence electrons. The molecule has 2 aromatic carbocycles. The van der Waals surface area contributed by atoms with Crippen LogP contribution in [0.25, 0.3) is 0 Å². The number of sulfonamides is 1. The van der Waals surface area contributed by atoms with Crippen LogP contribution in [0, 0.1) is 0 Å². The van der Waals surface area contributed by atoms with Crippen molar-refractivity contribution < 1.29 is 26.7 Å². The average Bonchev–Trinajstić information content (AvgIpc) is 2.45. The second-order valence-corrected chi connectivity index (χ2v) is 6.99. The van der Waals surface area contributed by atoms with Crippen molar-refractivity contribution in [2.45, 2.75) is 18.0 Å². The molecule has 0 amide bonds. The third-order valence-electron chi connectivity index (χ3n) is 2.93. The number of hydrogen-bond donors (Lipinski definition) is 1. The minimum Gasteiger partial charge on any atom is -0.862 e. The number of halogens is 4. The Morgan fingerprint density at radius 1 is 1.20 bits per heavy atom. The van der Waals surface area contributed by atoms with Gasteiger partial charge in [0.2, 0.25) is 0 Å². The maximum atomic E-state index is 12.8. The molecule has 10 heteroatoms. The smallest absolute Gasteiger partial charge is 0.416 e. The summed E-state index contributed by atoms with van der Waals surface area (Å²) in [7, 11) is -4.38. The molecule has 0 saturated heterocycles. The van der Waals surface area contributed by atoms with E-state index in [1.165, 1.54) is 31.2 Å². The molecule has 0 aromatic heterocycles. The van der Waals surface area contributed by atoms with Crippen LogP contribution in [-0.2, 0) is 16.2 Å². The fourth-order valence-corrected chi connectivity index (χ4v) is 3.49. The van der Waals surface area contributed by atoms with Gasteiger partial charge < -0.3 is 5.11 Å². The highest BCUT2D eigenvalue weighted by Gasteiger charge is 2.32. The number of anilines is 1. The van der Waals surface area contributed by atoms with Crippen LogP contribution in [0.2, 0.25) is 5.02 Å². The van der Waals surface area contributed by atoms with E-state index in [1.54, 1.807) is 0 Å². The van der Waals surface area contributed by atoms with Crippen LogP contribution >= 0.6 is 11.6 Å². The van der Waals surface area contributed by atoms with E-state index in [2.05, 4.69) is 9.71 Å². The highest BCUT2D eigenvalue weighted by molar-refractivity contribution is 7.92. The number of aliphatic imine (C=N–C) groups is 1. The number of rotatable bonds is 4.